The number of hydrogen-bond acceptors (Lipinski definition) is 4. The molecule has 2 aromatic heterocycles. The molecule has 240 valence electrons. The summed E-state index contributed by atoms with van der Waals surface area (Å²) in [5.41, 5.74) is 11.8. The average molecular weight is 655 g/mol. The van der Waals surface area contributed by atoms with Crippen molar-refractivity contribution in [1.29, 1.82) is 0 Å². The number of rotatable bonds is 6. The Morgan fingerprint density at radius 1 is 0.431 bits per heavy atom. The summed E-state index contributed by atoms with van der Waals surface area (Å²) in [5.74, 6) is 0.597. The molecule has 0 fully saturated rings. The van der Waals surface area contributed by atoms with Crippen molar-refractivity contribution in [2.75, 3.05) is 4.90 Å². The van der Waals surface area contributed by atoms with Crippen molar-refractivity contribution in [3.63, 3.8) is 0 Å². The van der Waals surface area contributed by atoms with Crippen molar-refractivity contribution in [2.24, 2.45) is 0 Å². The second-order valence-corrected chi connectivity index (χ2v) is 12.7. The third-order valence-electron chi connectivity index (χ3n) is 9.71. The molecule has 0 aliphatic heterocycles. The van der Waals surface area contributed by atoms with Gasteiger partial charge in [0.25, 0.3) is 0 Å². The van der Waals surface area contributed by atoms with Crippen LogP contribution >= 0.6 is 0 Å². The number of fused-ring (bicyclic) bond motifs is 6. The molecule has 0 radical (unpaired) electrons. The highest BCUT2D eigenvalue weighted by Crippen LogP contribution is 2.45. The van der Waals surface area contributed by atoms with Crippen LogP contribution in [0.1, 0.15) is 0 Å². The number of furan rings is 1. The standard InChI is InChI=1S/C47H30N2O2/c1-3-12-31(13-4-1)32-22-24-35(25-23-32)49(42-21-10-9-19-39(42)38-20-11-17-33-14-7-8-18-37(33)38)36-26-27-40-44(30-36)50-43-29-28-41-46(45(40)43)51-47(48-41)34-15-5-2-6-16-34/h1-30H. The van der Waals surface area contributed by atoms with Gasteiger partial charge in [0, 0.05) is 34.0 Å². The second kappa shape index (κ2) is 11.9. The van der Waals surface area contributed by atoms with Crippen LogP contribution in [0.25, 0.3) is 77.5 Å². The van der Waals surface area contributed by atoms with Gasteiger partial charge in [0.2, 0.25) is 5.89 Å². The van der Waals surface area contributed by atoms with Gasteiger partial charge in [-0.15, -0.1) is 0 Å². The fourth-order valence-corrected chi connectivity index (χ4v) is 7.30. The molecule has 0 amide bonds. The Balaban J connectivity index is 1.16. The Morgan fingerprint density at radius 3 is 1.94 bits per heavy atom. The van der Waals surface area contributed by atoms with Gasteiger partial charge in [-0.2, -0.15) is 0 Å². The maximum Gasteiger partial charge on any atom is 0.227 e. The molecular formula is C47H30N2O2. The lowest BCUT2D eigenvalue weighted by molar-refractivity contribution is 0.622. The van der Waals surface area contributed by atoms with E-state index in [0.29, 0.717) is 5.89 Å². The van der Waals surface area contributed by atoms with E-state index in [1.165, 1.54) is 27.5 Å². The normalized spacial score (nSPS) is 11.5. The number of anilines is 3. The molecule has 4 nitrogen and oxygen atoms in total. The number of para-hydroxylation sites is 1. The molecular weight excluding hydrogens is 625 g/mol. The summed E-state index contributed by atoms with van der Waals surface area (Å²) >= 11 is 0. The predicted molar refractivity (Wildman–Crippen MR) is 210 cm³/mol. The monoisotopic (exact) mass is 654 g/mol. The van der Waals surface area contributed by atoms with E-state index in [0.717, 1.165) is 61.2 Å². The van der Waals surface area contributed by atoms with E-state index in [4.69, 9.17) is 13.8 Å². The smallest absolute Gasteiger partial charge is 0.227 e. The molecule has 0 atom stereocenters. The summed E-state index contributed by atoms with van der Waals surface area (Å²) in [6.07, 6.45) is 0. The Bertz CT molecular complexity index is 2850. The van der Waals surface area contributed by atoms with Crippen LogP contribution in [0, 0.1) is 0 Å². The summed E-state index contributed by atoms with van der Waals surface area (Å²) in [5, 5.41) is 4.34. The molecule has 51 heavy (non-hydrogen) atoms. The zero-order valence-electron chi connectivity index (χ0n) is 27.5. The summed E-state index contributed by atoms with van der Waals surface area (Å²) in [6.45, 7) is 0. The van der Waals surface area contributed by atoms with Crippen LogP contribution in [0.4, 0.5) is 17.1 Å². The van der Waals surface area contributed by atoms with Crippen molar-refractivity contribution < 1.29 is 8.83 Å². The van der Waals surface area contributed by atoms with Crippen molar-refractivity contribution in [3.05, 3.63) is 182 Å². The van der Waals surface area contributed by atoms with Crippen LogP contribution in [0.2, 0.25) is 0 Å². The highest BCUT2D eigenvalue weighted by molar-refractivity contribution is 6.17. The SMILES string of the molecule is c1ccc(-c2ccc(N(c3ccc4c(c3)oc3ccc5nc(-c6ccccc6)oc5c34)c3ccccc3-c3cccc4ccccc34)cc2)cc1. The van der Waals surface area contributed by atoms with Gasteiger partial charge in [0.15, 0.2) is 5.58 Å². The van der Waals surface area contributed by atoms with Crippen LogP contribution in [0.3, 0.4) is 0 Å². The second-order valence-electron chi connectivity index (χ2n) is 12.7. The van der Waals surface area contributed by atoms with Gasteiger partial charge in [-0.05, 0) is 82.1 Å². The van der Waals surface area contributed by atoms with E-state index in [1.54, 1.807) is 0 Å². The summed E-state index contributed by atoms with van der Waals surface area (Å²) in [7, 11) is 0. The molecule has 8 aromatic carbocycles. The van der Waals surface area contributed by atoms with Gasteiger partial charge < -0.3 is 13.7 Å². The van der Waals surface area contributed by atoms with Gasteiger partial charge in [-0.3, -0.25) is 0 Å². The Kier molecular flexibility index (Phi) is 6.78. The van der Waals surface area contributed by atoms with Crippen LogP contribution < -0.4 is 4.90 Å². The zero-order chi connectivity index (χ0) is 33.7. The van der Waals surface area contributed by atoms with Crippen molar-refractivity contribution in [1.82, 2.24) is 4.98 Å². The number of hydrogen-bond donors (Lipinski definition) is 0. The van der Waals surface area contributed by atoms with Gasteiger partial charge in [-0.1, -0.05) is 121 Å². The first-order valence-corrected chi connectivity index (χ1v) is 17.1. The quantitative estimate of drug-likeness (QED) is 0.179. The number of nitrogens with zero attached hydrogens (tertiary/aromatic N) is 2. The van der Waals surface area contributed by atoms with Crippen LogP contribution in [0.15, 0.2) is 191 Å². The predicted octanol–water partition coefficient (Wildman–Crippen LogP) is 13.4. The fraction of sp³-hybridized carbons (Fsp3) is 0. The molecule has 4 heteroatoms. The van der Waals surface area contributed by atoms with Crippen LogP contribution in [-0.2, 0) is 0 Å². The molecule has 0 spiro atoms. The lowest BCUT2D eigenvalue weighted by Gasteiger charge is -2.28. The van der Waals surface area contributed by atoms with E-state index in [-0.39, 0.29) is 0 Å². The maximum absolute atomic E-state index is 6.57. The summed E-state index contributed by atoms with van der Waals surface area (Å²) in [4.78, 5) is 7.15. The van der Waals surface area contributed by atoms with Crippen LogP contribution in [0.5, 0.6) is 0 Å². The Hall–Kier alpha value is -6.91. The molecule has 0 aliphatic rings. The molecule has 10 aromatic rings. The molecule has 0 N–H and O–H groups in total. The summed E-state index contributed by atoms with van der Waals surface area (Å²) < 4.78 is 13.0. The van der Waals surface area contributed by atoms with Crippen molar-refractivity contribution >= 4 is 60.9 Å². The number of aromatic nitrogens is 1. The minimum Gasteiger partial charge on any atom is -0.456 e. The minimum atomic E-state index is 0.597. The third-order valence-corrected chi connectivity index (χ3v) is 9.71. The molecule has 0 aliphatic carbocycles. The fourth-order valence-electron chi connectivity index (χ4n) is 7.30. The highest BCUT2D eigenvalue weighted by atomic mass is 16.4. The zero-order valence-corrected chi connectivity index (χ0v) is 27.5. The highest BCUT2D eigenvalue weighted by Gasteiger charge is 2.21. The van der Waals surface area contributed by atoms with Gasteiger partial charge in [-0.25, -0.2) is 4.98 Å². The Labute approximate surface area is 294 Å². The lowest BCUT2D eigenvalue weighted by atomic mass is 9.96. The topological polar surface area (TPSA) is 42.4 Å². The molecule has 0 saturated heterocycles. The molecule has 2 heterocycles. The Morgan fingerprint density at radius 2 is 1.10 bits per heavy atom. The largest absolute Gasteiger partial charge is 0.456 e. The third kappa shape index (κ3) is 4.96. The average Bonchev–Trinajstić information content (AvgIpc) is 3.81. The van der Waals surface area contributed by atoms with Crippen molar-refractivity contribution in [2.45, 2.75) is 0 Å². The lowest BCUT2D eigenvalue weighted by Crippen LogP contribution is -2.11. The number of benzene rings is 8. The molecule has 10 rings (SSSR count). The first-order valence-electron chi connectivity index (χ1n) is 17.1. The van der Waals surface area contributed by atoms with E-state index in [1.807, 2.05) is 48.5 Å². The van der Waals surface area contributed by atoms with E-state index < -0.39 is 0 Å². The van der Waals surface area contributed by atoms with E-state index in [2.05, 4.69) is 138 Å². The number of oxazole rings is 1. The first-order chi connectivity index (χ1) is 25.3. The molecule has 0 unspecified atom stereocenters. The van der Waals surface area contributed by atoms with Gasteiger partial charge in [0.05, 0.1) is 11.1 Å². The molecule has 0 saturated carbocycles. The van der Waals surface area contributed by atoms with Gasteiger partial charge >= 0.3 is 0 Å². The van der Waals surface area contributed by atoms with Gasteiger partial charge in [0.1, 0.15) is 16.7 Å². The van der Waals surface area contributed by atoms with E-state index in [9.17, 15) is 0 Å². The maximum atomic E-state index is 6.57. The minimum absolute atomic E-state index is 0.597. The molecule has 0 bridgehead atoms. The first kappa shape index (κ1) is 29.0. The summed E-state index contributed by atoms with van der Waals surface area (Å²) in [6, 6.07) is 63.5. The van der Waals surface area contributed by atoms with Crippen molar-refractivity contribution in [3.8, 4) is 33.7 Å². The van der Waals surface area contributed by atoms with E-state index >= 15 is 0 Å². The van der Waals surface area contributed by atoms with Crippen LogP contribution in [-0.4, -0.2) is 4.98 Å².